The van der Waals surface area contributed by atoms with E-state index in [0.717, 1.165) is 9.37 Å². The van der Waals surface area contributed by atoms with Gasteiger partial charge in [0.1, 0.15) is 5.82 Å². The topological polar surface area (TPSA) is 79.0 Å². The number of H-pyrrole nitrogens is 1. The predicted octanol–water partition coefficient (Wildman–Crippen LogP) is 4.33. The lowest BCUT2D eigenvalue weighted by Crippen LogP contribution is -2.29. The summed E-state index contributed by atoms with van der Waals surface area (Å²) in [6.45, 7) is 0. The number of carbonyl (C=O) groups excluding carboxylic acids is 2. The molecule has 0 fully saturated rings. The van der Waals surface area contributed by atoms with Crippen LogP contribution >= 0.6 is 15.9 Å². The SMILES string of the molecule is O=C1c2cnc3n[nH]c(-c4ccc(F)cc4)c3c2C(=O)N1c1ccc(Br)cc1. The second-order valence-electron chi connectivity index (χ2n) is 6.27. The van der Waals surface area contributed by atoms with Crippen LogP contribution in [-0.4, -0.2) is 27.0 Å². The highest BCUT2D eigenvalue weighted by molar-refractivity contribution is 9.10. The van der Waals surface area contributed by atoms with Crippen LogP contribution in [0.2, 0.25) is 0 Å². The molecule has 5 rings (SSSR count). The summed E-state index contributed by atoms with van der Waals surface area (Å²) in [7, 11) is 0. The number of carbonyl (C=O) groups is 2. The van der Waals surface area contributed by atoms with Crippen molar-refractivity contribution in [3.8, 4) is 11.3 Å². The summed E-state index contributed by atoms with van der Waals surface area (Å²) in [5.41, 5.74) is 2.39. The Labute approximate surface area is 166 Å². The van der Waals surface area contributed by atoms with Crippen LogP contribution in [-0.2, 0) is 0 Å². The number of hydrogen-bond acceptors (Lipinski definition) is 4. The van der Waals surface area contributed by atoms with Crippen molar-refractivity contribution in [3.05, 3.63) is 76.1 Å². The van der Waals surface area contributed by atoms with Gasteiger partial charge in [-0.3, -0.25) is 14.7 Å². The molecular formula is C20H10BrFN4O2. The molecule has 6 nitrogen and oxygen atoms in total. The number of pyridine rings is 1. The number of amides is 2. The van der Waals surface area contributed by atoms with Crippen LogP contribution in [0.15, 0.2) is 59.2 Å². The molecule has 0 radical (unpaired) electrons. The number of nitrogens with zero attached hydrogens (tertiary/aromatic N) is 3. The molecule has 0 spiro atoms. The number of aromatic amines is 1. The molecule has 1 aliphatic heterocycles. The number of rotatable bonds is 2. The maximum Gasteiger partial charge on any atom is 0.267 e. The van der Waals surface area contributed by atoms with Crippen molar-refractivity contribution < 1.29 is 14.0 Å². The highest BCUT2D eigenvalue weighted by Crippen LogP contribution is 2.36. The van der Waals surface area contributed by atoms with Crippen LogP contribution in [0.5, 0.6) is 0 Å². The normalized spacial score (nSPS) is 13.4. The summed E-state index contributed by atoms with van der Waals surface area (Å²) >= 11 is 3.34. The average Bonchev–Trinajstić information content (AvgIpc) is 3.23. The zero-order valence-electron chi connectivity index (χ0n) is 14.1. The molecule has 1 aliphatic rings. The number of halogens is 2. The van der Waals surface area contributed by atoms with Gasteiger partial charge in [0.05, 0.1) is 27.9 Å². The van der Waals surface area contributed by atoms with Crippen LogP contribution in [0.25, 0.3) is 22.3 Å². The Morgan fingerprint density at radius 1 is 0.964 bits per heavy atom. The molecule has 3 heterocycles. The van der Waals surface area contributed by atoms with Gasteiger partial charge in [-0.05, 0) is 48.5 Å². The number of nitrogens with one attached hydrogen (secondary N) is 1. The molecule has 8 heteroatoms. The zero-order valence-corrected chi connectivity index (χ0v) is 15.7. The number of fused-ring (bicyclic) bond motifs is 3. The Balaban J connectivity index is 1.72. The average molecular weight is 437 g/mol. The van der Waals surface area contributed by atoms with E-state index in [1.54, 1.807) is 36.4 Å². The van der Waals surface area contributed by atoms with Crippen molar-refractivity contribution in [2.75, 3.05) is 4.90 Å². The molecule has 0 bridgehead atoms. The highest BCUT2D eigenvalue weighted by atomic mass is 79.9. The minimum atomic E-state index is -0.445. The number of anilines is 1. The molecule has 2 amide bonds. The number of imide groups is 1. The van der Waals surface area contributed by atoms with E-state index in [-0.39, 0.29) is 16.9 Å². The van der Waals surface area contributed by atoms with E-state index in [9.17, 15) is 14.0 Å². The summed E-state index contributed by atoms with van der Waals surface area (Å²) < 4.78 is 14.1. The minimum Gasteiger partial charge on any atom is -0.275 e. The second-order valence-corrected chi connectivity index (χ2v) is 7.19. The van der Waals surface area contributed by atoms with Gasteiger partial charge in [-0.15, -0.1) is 0 Å². The van der Waals surface area contributed by atoms with Crippen LogP contribution in [0.3, 0.4) is 0 Å². The van der Waals surface area contributed by atoms with Gasteiger partial charge in [0.25, 0.3) is 11.8 Å². The zero-order chi connectivity index (χ0) is 19.4. The summed E-state index contributed by atoms with van der Waals surface area (Å²) in [5.74, 6) is -1.26. The molecule has 0 aliphatic carbocycles. The second kappa shape index (κ2) is 6.07. The molecule has 0 unspecified atom stereocenters. The molecule has 28 heavy (non-hydrogen) atoms. The van der Waals surface area contributed by atoms with Gasteiger partial charge in [-0.2, -0.15) is 5.10 Å². The Morgan fingerprint density at radius 3 is 2.39 bits per heavy atom. The van der Waals surface area contributed by atoms with Crippen LogP contribution < -0.4 is 4.90 Å². The molecule has 0 atom stereocenters. The Kier molecular flexibility index (Phi) is 3.63. The fraction of sp³-hybridized carbons (Fsp3) is 0. The van der Waals surface area contributed by atoms with Crippen molar-refractivity contribution in [1.82, 2.24) is 15.2 Å². The fourth-order valence-corrected chi connectivity index (χ4v) is 3.61. The van der Waals surface area contributed by atoms with E-state index in [1.807, 2.05) is 0 Å². The minimum absolute atomic E-state index is 0.213. The lowest BCUT2D eigenvalue weighted by molar-refractivity contribution is 0.0926. The van der Waals surface area contributed by atoms with E-state index in [1.165, 1.54) is 18.3 Å². The number of hydrogen-bond donors (Lipinski definition) is 1. The third-order valence-corrected chi connectivity index (χ3v) is 5.18. The molecule has 4 aromatic rings. The van der Waals surface area contributed by atoms with Gasteiger partial charge >= 0.3 is 0 Å². The van der Waals surface area contributed by atoms with Crippen LogP contribution in [0.4, 0.5) is 10.1 Å². The molecule has 0 saturated carbocycles. The Hall–Kier alpha value is -3.39. The van der Waals surface area contributed by atoms with E-state index < -0.39 is 11.8 Å². The van der Waals surface area contributed by atoms with E-state index in [0.29, 0.717) is 28.0 Å². The molecule has 2 aromatic heterocycles. The first-order valence-electron chi connectivity index (χ1n) is 8.32. The van der Waals surface area contributed by atoms with Gasteiger partial charge in [0.15, 0.2) is 5.65 Å². The predicted molar refractivity (Wildman–Crippen MR) is 105 cm³/mol. The van der Waals surface area contributed by atoms with Crippen molar-refractivity contribution >= 4 is 44.5 Å². The number of aromatic nitrogens is 3. The first-order chi connectivity index (χ1) is 13.5. The third-order valence-electron chi connectivity index (χ3n) is 4.65. The van der Waals surface area contributed by atoms with Crippen molar-refractivity contribution in [3.63, 3.8) is 0 Å². The van der Waals surface area contributed by atoms with Crippen LogP contribution in [0.1, 0.15) is 20.7 Å². The summed E-state index contributed by atoms with van der Waals surface area (Å²) in [5, 5.41) is 7.45. The molecule has 0 saturated heterocycles. The highest BCUT2D eigenvalue weighted by Gasteiger charge is 2.39. The van der Waals surface area contributed by atoms with E-state index in [2.05, 4.69) is 31.1 Å². The molecule has 2 aromatic carbocycles. The molecular weight excluding hydrogens is 427 g/mol. The third kappa shape index (κ3) is 2.38. The van der Waals surface area contributed by atoms with Crippen molar-refractivity contribution in [2.24, 2.45) is 0 Å². The summed E-state index contributed by atoms with van der Waals surface area (Å²) in [4.78, 5) is 31.5. The van der Waals surface area contributed by atoms with E-state index >= 15 is 0 Å². The Morgan fingerprint density at radius 2 is 1.68 bits per heavy atom. The largest absolute Gasteiger partial charge is 0.275 e. The summed E-state index contributed by atoms with van der Waals surface area (Å²) in [6.07, 6.45) is 1.37. The summed E-state index contributed by atoms with van der Waals surface area (Å²) in [6, 6.07) is 12.7. The maximum atomic E-state index is 13.3. The first-order valence-corrected chi connectivity index (χ1v) is 9.11. The first kappa shape index (κ1) is 16.8. The molecule has 1 N–H and O–H groups in total. The Bertz CT molecular complexity index is 1270. The smallest absolute Gasteiger partial charge is 0.267 e. The van der Waals surface area contributed by atoms with Gasteiger partial charge in [-0.1, -0.05) is 15.9 Å². The quantitative estimate of drug-likeness (QED) is 0.474. The molecule has 136 valence electrons. The fourth-order valence-electron chi connectivity index (χ4n) is 3.35. The van der Waals surface area contributed by atoms with Gasteiger partial charge in [0, 0.05) is 16.2 Å². The standard InChI is InChI=1S/C20H10BrFN4O2/c21-11-3-7-13(8-4-11)26-19(27)14-9-23-18-16(15(14)20(26)28)17(24-25-18)10-1-5-12(22)6-2-10/h1-9H,(H,23,24,25). The van der Waals surface area contributed by atoms with Gasteiger partial charge in [-0.25, -0.2) is 14.3 Å². The monoisotopic (exact) mass is 436 g/mol. The van der Waals surface area contributed by atoms with E-state index in [4.69, 9.17) is 0 Å². The maximum absolute atomic E-state index is 13.3. The lowest BCUT2D eigenvalue weighted by atomic mass is 10.0. The number of benzene rings is 2. The van der Waals surface area contributed by atoms with Crippen LogP contribution in [0, 0.1) is 5.82 Å². The van der Waals surface area contributed by atoms with Crippen molar-refractivity contribution in [1.29, 1.82) is 0 Å². The van der Waals surface area contributed by atoms with Gasteiger partial charge < -0.3 is 0 Å². The van der Waals surface area contributed by atoms with Crippen molar-refractivity contribution in [2.45, 2.75) is 0 Å². The lowest BCUT2D eigenvalue weighted by Gasteiger charge is -2.13. The van der Waals surface area contributed by atoms with Gasteiger partial charge in [0.2, 0.25) is 0 Å².